The first-order chi connectivity index (χ1) is 8.72. The number of anilines is 1. The molecule has 2 heterocycles. The van der Waals surface area contributed by atoms with E-state index in [0.717, 1.165) is 19.4 Å². The van der Waals surface area contributed by atoms with Gasteiger partial charge in [0.2, 0.25) is 5.82 Å². The zero-order valence-electron chi connectivity index (χ0n) is 10.4. The Hall–Kier alpha value is -1.69. The van der Waals surface area contributed by atoms with Crippen LogP contribution in [0, 0.1) is 10.1 Å². The summed E-state index contributed by atoms with van der Waals surface area (Å²) in [5.74, 6) is 0.431. The second kappa shape index (κ2) is 5.77. The van der Waals surface area contributed by atoms with Crippen molar-refractivity contribution in [2.45, 2.75) is 25.9 Å². The van der Waals surface area contributed by atoms with Crippen LogP contribution in [0.5, 0.6) is 0 Å². The van der Waals surface area contributed by atoms with Gasteiger partial charge in [0.25, 0.3) is 0 Å². The van der Waals surface area contributed by atoms with Crippen molar-refractivity contribution in [2.24, 2.45) is 0 Å². The average molecular weight is 251 g/mol. The highest BCUT2D eigenvalue weighted by Crippen LogP contribution is 2.26. The molecule has 1 aliphatic heterocycles. The van der Waals surface area contributed by atoms with Crippen molar-refractivity contribution >= 4 is 11.5 Å². The van der Waals surface area contributed by atoms with Crippen LogP contribution in [0.2, 0.25) is 0 Å². The van der Waals surface area contributed by atoms with Crippen molar-refractivity contribution in [3.05, 3.63) is 28.4 Å². The Morgan fingerprint density at radius 1 is 1.67 bits per heavy atom. The summed E-state index contributed by atoms with van der Waals surface area (Å²) in [5.41, 5.74) is 0.0531. The number of nitro groups is 1. The summed E-state index contributed by atoms with van der Waals surface area (Å²) in [6.07, 6.45) is 3.82. The van der Waals surface area contributed by atoms with E-state index < -0.39 is 0 Å². The average Bonchev–Trinajstić information content (AvgIpc) is 2.88. The van der Waals surface area contributed by atoms with Crippen LogP contribution in [-0.4, -0.2) is 35.7 Å². The summed E-state index contributed by atoms with van der Waals surface area (Å²) in [7, 11) is 0. The maximum Gasteiger partial charge on any atom is 0.311 e. The highest BCUT2D eigenvalue weighted by Gasteiger charge is 2.24. The molecule has 1 aromatic rings. The van der Waals surface area contributed by atoms with Crippen LogP contribution in [0.3, 0.4) is 0 Å². The largest absolute Gasteiger partial charge is 0.376 e. The molecule has 0 amide bonds. The molecule has 0 spiro atoms. The Kier molecular flexibility index (Phi) is 4.09. The summed E-state index contributed by atoms with van der Waals surface area (Å²) in [6.45, 7) is 4.09. The molecule has 0 N–H and O–H groups in total. The van der Waals surface area contributed by atoms with E-state index in [1.54, 1.807) is 12.3 Å². The molecule has 1 unspecified atom stereocenters. The van der Waals surface area contributed by atoms with Crippen molar-refractivity contribution in [3.8, 4) is 0 Å². The summed E-state index contributed by atoms with van der Waals surface area (Å²) in [6, 6.07) is 3.07. The number of nitrogens with zero attached hydrogens (tertiary/aromatic N) is 3. The lowest BCUT2D eigenvalue weighted by Crippen LogP contribution is -2.33. The van der Waals surface area contributed by atoms with Gasteiger partial charge in [-0.25, -0.2) is 4.98 Å². The van der Waals surface area contributed by atoms with E-state index in [4.69, 9.17) is 4.74 Å². The van der Waals surface area contributed by atoms with Gasteiger partial charge in [0.05, 0.1) is 11.0 Å². The van der Waals surface area contributed by atoms with E-state index >= 15 is 0 Å². The quantitative estimate of drug-likeness (QED) is 0.591. The number of aromatic nitrogens is 1. The maximum atomic E-state index is 11.0. The molecule has 0 bridgehead atoms. The summed E-state index contributed by atoms with van der Waals surface area (Å²) < 4.78 is 5.57. The van der Waals surface area contributed by atoms with Gasteiger partial charge in [0, 0.05) is 32.0 Å². The molecule has 1 atom stereocenters. The first kappa shape index (κ1) is 12.8. The lowest BCUT2D eigenvalue weighted by atomic mass is 10.2. The Morgan fingerprint density at radius 3 is 3.11 bits per heavy atom. The van der Waals surface area contributed by atoms with Crippen LogP contribution in [0.25, 0.3) is 0 Å². The number of likely N-dealkylation sites (N-methyl/N-ethyl adjacent to an activating group) is 1. The maximum absolute atomic E-state index is 11.0. The second-order valence-corrected chi connectivity index (χ2v) is 4.28. The number of ether oxygens (including phenoxy) is 1. The molecular formula is C12H17N3O3. The lowest BCUT2D eigenvalue weighted by Gasteiger charge is -2.24. The highest BCUT2D eigenvalue weighted by atomic mass is 16.6. The van der Waals surface area contributed by atoms with Crippen LogP contribution < -0.4 is 4.90 Å². The summed E-state index contributed by atoms with van der Waals surface area (Å²) >= 11 is 0. The van der Waals surface area contributed by atoms with E-state index in [1.807, 2.05) is 11.8 Å². The van der Waals surface area contributed by atoms with Gasteiger partial charge < -0.3 is 9.64 Å². The van der Waals surface area contributed by atoms with Crippen molar-refractivity contribution in [2.75, 3.05) is 24.6 Å². The summed E-state index contributed by atoms with van der Waals surface area (Å²) in [4.78, 5) is 16.7. The monoisotopic (exact) mass is 251 g/mol. The van der Waals surface area contributed by atoms with Gasteiger partial charge in [-0.15, -0.1) is 0 Å². The molecule has 0 saturated carbocycles. The molecular weight excluding hydrogens is 234 g/mol. The predicted octanol–water partition coefficient (Wildman–Crippen LogP) is 2.00. The first-order valence-electron chi connectivity index (χ1n) is 6.18. The molecule has 98 valence electrons. The minimum atomic E-state index is -0.388. The smallest absolute Gasteiger partial charge is 0.311 e. The molecule has 1 fully saturated rings. The third-order valence-corrected chi connectivity index (χ3v) is 3.09. The predicted molar refractivity (Wildman–Crippen MR) is 67.8 cm³/mol. The van der Waals surface area contributed by atoms with Crippen molar-refractivity contribution in [1.29, 1.82) is 0 Å². The second-order valence-electron chi connectivity index (χ2n) is 4.28. The van der Waals surface area contributed by atoms with Crippen LogP contribution in [-0.2, 0) is 4.74 Å². The van der Waals surface area contributed by atoms with Gasteiger partial charge in [-0.05, 0) is 25.8 Å². The van der Waals surface area contributed by atoms with E-state index in [2.05, 4.69) is 4.98 Å². The van der Waals surface area contributed by atoms with Crippen LogP contribution in [0.15, 0.2) is 18.3 Å². The van der Waals surface area contributed by atoms with Gasteiger partial charge in [-0.2, -0.15) is 0 Å². The molecule has 18 heavy (non-hydrogen) atoms. The van der Waals surface area contributed by atoms with E-state index in [0.29, 0.717) is 18.9 Å². The first-order valence-corrected chi connectivity index (χ1v) is 6.18. The number of pyridine rings is 1. The standard InChI is InChI=1S/C12H17N3O3/c1-2-14(9-10-5-4-8-18-10)12-11(15(16)17)6-3-7-13-12/h3,6-7,10H,2,4-5,8-9H2,1H3. The minimum Gasteiger partial charge on any atom is -0.376 e. The molecule has 0 aromatic carbocycles. The molecule has 1 aliphatic rings. The number of hydrogen-bond donors (Lipinski definition) is 0. The zero-order valence-corrected chi connectivity index (χ0v) is 10.4. The topological polar surface area (TPSA) is 68.5 Å². The minimum absolute atomic E-state index is 0.0531. The SMILES string of the molecule is CCN(CC1CCCO1)c1ncccc1[N+](=O)[O-]. The van der Waals surface area contributed by atoms with Gasteiger partial charge in [-0.1, -0.05) is 0 Å². The van der Waals surface area contributed by atoms with Crippen LogP contribution in [0.1, 0.15) is 19.8 Å². The Morgan fingerprint density at radius 2 is 2.50 bits per heavy atom. The fraction of sp³-hybridized carbons (Fsp3) is 0.583. The Balaban J connectivity index is 2.18. The highest BCUT2D eigenvalue weighted by molar-refractivity contribution is 5.57. The number of hydrogen-bond acceptors (Lipinski definition) is 5. The number of rotatable bonds is 5. The van der Waals surface area contributed by atoms with Crippen LogP contribution in [0.4, 0.5) is 11.5 Å². The third-order valence-electron chi connectivity index (χ3n) is 3.09. The Bertz CT molecular complexity index is 419. The zero-order chi connectivity index (χ0) is 13.0. The van der Waals surface area contributed by atoms with Crippen molar-refractivity contribution < 1.29 is 9.66 Å². The molecule has 6 nitrogen and oxygen atoms in total. The van der Waals surface area contributed by atoms with E-state index in [9.17, 15) is 10.1 Å². The van der Waals surface area contributed by atoms with Gasteiger partial charge in [0.1, 0.15) is 0 Å². The lowest BCUT2D eigenvalue weighted by molar-refractivity contribution is -0.384. The molecule has 0 aliphatic carbocycles. The molecule has 1 aromatic heterocycles. The normalized spacial score (nSPS) is 18.8. The molecule has 0 radical (unpaired) electrons. The van der Waals surface area contributed by atoms with Gasteiger partial charge in [-0.3, -0.25) is 10.1 Å². The fourth-order valence-electron chi connectivity index (χ4n) is 2.17. The fourth-order valence-corrected chi connectivity index (χ4v) is 2.17. The van der Waals surface area contributed by atoms with Crippen LogP contribution >= 0.6 is 0 Å². The molecule has 2 rings (SSSR count). The third kappa shape index (κ3) is 2.76. The van der Waals surface area contributed by atoms with Gasteiger partial charge >= 0.3 is 5.69 Å². The van der Waals surface area contributed by atoms with Crippen molar-refractivity contribution in [1.82, 2.24) is 4.98 Å². The van der Waals surface area contributed by atoms with E-state index in [-0.39, 0.29) is 16.7 Å². The van der Waals surface area contributed by atoms with E-state index in [1.165, 1.54) is 6.07 Å². The van der Waals surface area contributed by atoms with Crippen molar-refractivity contribution in [3.63, 3.8) is 0 Å². The van der Waals surface area contributed by atoms with Gasteiger partial charge in [0.15, 0.2) is 0 Å². The molecule has 6 heteroatoms. The summed E-state index contributed by atoms with van der Waals surface area (Å²) in [5, 5.41) is 11.0. The Labute approximate surface area is 106 Å². The molecule has 1 saturated heterocycles.